The number of rotatable bonds is 8. The number of pyridine rings is 1. The molecule has 2 unspecified atom stereocenters. The van der Waals surface area contributed by atoms with Crippen LogP contribution in [0.3, 0.4) is 0 Å². The van der Waals surface area contributed by atoms with Crippen molar-refractivity contribution in [2.75, 3.05) is 13.7 Å². The molecule has 2 atom stereocenters. The summed E-state index contributed by atoms with van der Waals surface area (Å²) in [7, 11) is 1.59. The molecule has 1 aliphatic carbocycles. The Morgan fingerprint density at radius 3 is 2.83 bits per heavy atom. The van der Waals surface area contributed by atoms with Crippen LogP contribution in [-0.2, 0) is 24.2 Å². The van der Waals surface area contributed by atoms with Gasteiger partial charge in [0.15, 0.2) is 0 Å². The number of fused-ring (bicyclic) bond motifs is 1. The summed E-state index contributed by atoms with van der Waals surface area (Å²) in [6.45, 7) is 3.54. The average molecular weight is 545 g/mol. The van der Waals surface area contributed by atoms with Gasteiger partial charge in [0.1, 0.15) is 17.7 Å². The number of carboxylic acids is 1. The summed E-state index contributed by atoms with van der Waals surface area (Å²) < 4.78 is 27.7. The number of likely N-dealkylation sites (tertiary alicyclic amines) is 1. The molecule has 3 aliphatic rings. The number of piperidine rings is 1. The number of methoxy groups -OCH3 is 1. The maximum atomic E-state index is 15.9. The quantitative estimate of drug-likeness (QED) is 0.339. The van der Waals surface area contributed by atoms with Crippen molar-refractivity contribution < 1.29 is 23.8 Å². The van der Waals surface area contributed by atoms with Gasteiger partial charge in [0.25, 0.3) is 0 Å². The highest BCUT2D eigenvalue weighted by Crippen LogP contribution is 2.49. The molecule has 3 heterocycles. The molecule has 6 rings (SSSR count). The highest BCUT2D eigenvalue weighted by Gasteiger charge is 2.48. The summed E-state index contributed by atoms with van der Waals surface area (Å²) in [4.78, 5) is 18.2. The molecule has 0 bridgehead atoms. The summed E-state index contributed by atoms with van der Waals surface area (Å²) in [5.41, 5.74) is 5.73. The number of hydrogen-bond donors (Lipinski definition) is 1. The second-order valence-corrected chi connectivity index (χ2v) is 11.8. The molecule has 2 fully saturated rings. The SMILES string of the molecule is COc1cc(-c2cc(F)c(C3CCc4ccc(CC(C)C(=O)O)cc4O3)cc2CN2CCCCC23CC3)ccn1. The standard InChI is InChI=1S/C33H37FN2O4/c1-21(32(37)38)15-22-5-6-23-7-8-29(40-30(23)16-22)27-17-25(20-36-14-4-3-10-33(36)11-12-33)26(19-28(27)34)24-9-13-35-31(18-24)39-2/h5-6,9,13,16-19,21,29H,3-4,7-8,10-12,14-15,20H2,1-2H3,(H,37,38). The van der Waals surface area contributed by atoms with E-state index in [9.17, 15) is 9.90 Å². The van der Waals surface area contributed by atoms with Gasteiger partial charge in [-0.1, -0.05) is 25.5 Å². The van der Waals surface area contributed by atoms with E-state index in [1.807, 2.05) is 36.4 Å². The Morgan fingerprint density at radius 1 is 1.20 bits per heavy atom. The lowest BCUT2D eigenvalue weighted by Crippen LogP contribution is -2.41. The molecule has 210 valence electrons. The van der Waals surface area contributed by atoms with Crippen molar-refractivity contribution in [3.8, 4) is 22.8 Å². The smallest absolute Gasteiger partial charge is 0.306 e. The molecule has 3 aromatic rings. The largest absolute Gasteiger partial charge is 0.485 e. The number of aromatic nitrogens is 1. The Labute approximate surface area is 235 Å². The lowest BCUT2D eigenvalue weighted by molar-refractivity contribution is -0.141. The molecule has 2 aromatic carbocycles. The molecule has 2 aliphatic heterocycles. The molecule has 1 spiro atoms. The Bertz CT molecular complexity index is 1420. The van der Waals surface area contributed by atoms with Gasteiger partial charge in [-0.3, -0.25) is 9.69 Å². The molecule has 0 radical (unpaired) electrons. The van der Waals surface area contributed by atoms with Crippen LogP contribution < -0.4 is 9.47 Å². The molecule has 1 aromatic heterocycles. The van der Waals surface area contributed by atoms with Gasteiger partial charge < -0.3 is 14.6 Å². The topological polar surface area (TPSA) is 71.9 Å². The lowest BCUT2D eigenvalue weighted by Gasteiger charge is -2.37. The van der Waals surface area contributed by atoms with E-state index in [0.29, 0.717) is 29.8 Å². The third kappa shape index (κ3) is 5.31. The predicted octanol–water partition coefficient (Wildman–Crippen LogP) is 6.74. The van der Waals surface area contributed by atoms with Crippen molar-refractivity contribution in [2.45, 2.75) is 76.5 Å². The Kier molecular flexibility index (Phi) is 7.26. The number of aryl methyl sites for hydroxylation is 1. The second kappa shape index (κ2) is 10.8. The first-order chi connectivity index (χ1) is 19.3. The van der Waals surface area contributed by atoms with Crippen molar-refractivity contribution in [3.05, 3.63) is 76.7 Å². The maximum absolute atomic E-state index is 15.9. The maximum Gasteiger partial charge on any atom is 0.306 e. The van der Waals surface area contributed by atoms with Gasteiger partial charge in [-0.15, -0.1) is 0 Å². The van der Waals surface area contributed by atoms with E-state index >= 15 is 4.39 Å². The van der Waals surface area contributed by atoms with E-state index in [0.717, 1.165) is 53.1 Å². The number of nitrogens with zero attached hydrogens (tertiary/aromatic N) is 2. The fourth-order valence-corrected chi connectivity index (χ4v) is 6.49. The van der Waals surface area contributed by atoms with E-state index < -0.39 is 18.0 Å². The predicted molar refractivity (Wildman–Crippen MR) is 151 cm³/mol. The van der Waals surface area contributed by atoms with Crippen LogP contribution in [0.15, 0.2) is 48.7 Å². The van der Waals surface area contributed by atoms with Gasteiger partial charge in [0.05, 0.1) is 13.0 Å². The van der Waals surface area contributed by atoms with Crippen LogP contribution in [-0.4, -0.2) is 40.2 Å². The third-order valence-corrected chi connectivity index (χ3v) is 9.04. The second-order valence-electron chi connectivity index (χ2n) is 11.8. The first kappa shape index (κ1) is 26.8. The summed E-state index contributed by atoms with van der Waals surface area (Å²) in [6.07, 6.45) is 9.39. The Morgan fingerprint density at radius 2 is 2.05 bits per heavy atom. The van der Waals surface area contributed by atoms with Crippen molar-refractivity contribution in [3.63, 3.8) is 0 Å². The van der Waals surface area contributed by atoms with E-state index in [2.05, 4.69) is 9.88 Å². The minimum atomic E-state index is -0.820. The van der Waals surface area contributed by atoms with Crippen LogP contribution in [0.4, 0.5) is 4.39 Å². The Hall–Kier alpha value is -3.45. The average Bonchev–Trinajstić information content (AvgIpc) is 3.74. The highest BCUT2D eigenvalue weighted by molar-refractivity contribution is 5.70. The fraction of sp³-hybridized carbons (Fsp3) is 0.455. The van der Waals surface area contributed by atoms with E-state index in [-0.39, 0.29) is 5.82 Å². The molecule has 1 saturated heterocycles. The van der Waals surface area contributed by atoms with Crippen molar-refractivity contribution in [1.82, 2.24) is 9.88 Å². The first-order valence-electron chi connectivity index (χ1n) is 14.4. The molecule has 6 nitrogen and oxygen atoms in total. The van der Waals surface area contributed by atoms with Gasteiger partial charge in [-0.25, -0.2) is 9.37 Å². The molecule has 40 heavy (non-hydrogen) atoms. The number of carboxylic acid groups (broad SMARTS) is 1. The molecular weight excluding hydrogens is 507 g/mol. The summed E-state index contributed by atoms with van der Waals surface area (Å²) >= 11 is 0. The third-order valence-electron chi connectivity index (χ3n) is 9.04. The minimum absolute atomic E-state index is 0.279. The minimum Gasteiger partial charge on any atom is -0.485 e. The zero-order chi connectivity index (χ0) is 27.9. The van der Waals surface area contributed by atoms with E-state index in [4.69, 9.17) is 9.47 Å². The van der Waals surface area contributed by atoms with Crippen molar-refractivity contribution >= 4 is 5.97 Å². The van der Waals surface area contributed by atoms with Crippen LogP contribution in [0.5, 0.6) is 11.6 Å². The molecule has 7 heteroatoms. The Balaban J connectivity index is 1.34. The van der Waals surface area contributed by atoms with Gasteiger partial charge >= 0.3 is 5.97 Å². The van der Waals surface area contributed by atoms with Crippen LogP contribution in [0.1, 0.15) is 73.8 Å². The summed E-state index contributed by atoms with van der Waals surface area (Å²) in [5.74, 6) is -0.354. The lowest BCUT2D eigenvalue weighted by atomic mass is 9.90. The van der Waals surface area contributed by atoms with Gasteiger partial charge in [0, 0.05) is 29.9 Å². The molecule has 0 amide bonds. The fourth-order valence-electron chi connectivity index (χ4n) is 6.49. The highest BCUT2D eigenvalue weighted by atomic mass is 19.1. The van der Waals surface area contributed by atoms with Gasteiger partial charge in [0.2, 0.25) is 5.88 Å². The van der Waals surface area contributed by atoms with E-state index in [1.54, 1.807) is 26.3 Å². The number of aliphatic carboxylic acids is 1. The number of benzene rings is 2. The molecular formula is C33H37FN2O4. The van der Waals surface area contributed by atoms with Crippen LogP contribution >= 0.6 is 0 Å². The number of hydrogen-bond acceptors (Lipinski definition) is 5. The van der Waals surface area contributed by atoms with Crippen molar-refractivity contribution in [1.29, 1.82) is 0 Å². The van der Waals surface area contributed by atoms with Crippen LogP contribution in [0.25, 0.3) is 11.1 Å². The van der Waals surface area contributed by atoms with Gasteiger partial charge in [-0.05, 0) is 104 Å². The van der Waals surface area contributed by atoms with E-state index in [1.165, 1.54) is 32.1 Å². The molecule has 1 saturated carbocycles. The zero-order valence-electron chi connectivity index (χ0n) is 23.3. The number of halogens is 1. The summed E-state index contributed by atoms with van der Waals surface area (Å²) in [6, 6.07) is 13.4. The number of carbonyl (C=O) groups is 1. The summed E-state index contributed by atoms with van der Waals surface area (Å²) in [5, 5.41) is 9.33. The zero-order valence-corrected chi connectivity index (χ0v) is 23.3. The van der Waals surface area contributed by atoms with Crippen LogP contribution in [0.2, 0.25) is 0 Å². The van der Waals surface area contributed by atoms with Crippen LogP contribution in [0, 0.1) is 11.7 Å². The number of ether oxygens (including phenoxy) is 2. The van der Waals surface area contributed by atoms with Gasteiger partial charge in [-0.2, -0.15) is 0 Å². The first-order valence-corrected chi connectivity index (χ1v) is 14.4. The normalized spacial score (nSPS) is 20.4. The monoisotopic (exact) mass is 544 g/mol. The van der Waals surface area contributed by atoms with Crippen molar-refractivity contribution in [2.24, 2.45) is 5.92 Å². The molecule has 1 N–H and O–H groups in total.